The molecular formula is C10H18FNO. The van der Waals surface area contributed by atoms with Crippen molar-refractivity contribution in [2.75, 3.05) is 20.2 Å². The molecule has 2 rings (SSSR count). The van der Waals surface area contributed by atoms with E-state index >= 15 is 0 Å². The molecule has 2 nitrogen and oxygen atoms in total. The van der Waals surface area contributed by atoms with E-state index in [1.807, 2.05) is 0 Å². The van der Waals surface area contributed by atoms with Crippen molar-refractivity contribution < 1.29 is 9.13 Å². The Labute approximate surface area is 79.1 Å². The van der Waals surface area contributed by atoms with Crippen molar-refractivity contribution >= 4 is 0 Å². The predicted octanol–water partition coefficient (Wildman–Crippen LogP) is 1.60. The third-order valence-electron chi connectivity index (χ3n) is 3.77. The maximum Gasteiger partial charge on any atom is 0.115 e. The molecule has 0 aliphatic carbocycles. The van der Waals surface area contributed by atoms with Crippen LogP contribution in [0, 0.1) is 0 Å². The number of ether oxygens (including phenoxy) is 1. The molecular weight excluding hydrogens is 169 g/mol. The Morgan fingerprint density at radius 1 is 1.62 bits per heavy atom. The highest BCUT2D eigenvalue weighted by atomic mass is 19.1. The van der Waals surface area contributed by atoms with Gasteiger partial charge in [-0.05, 0) is 26.3 Å². The minimum Gasteiger partial charge on any atom is -0.380 e. The molecule has 76 valence electrons. The molecule has 0 radical (unpaired) electrons. The summed E-state index contributed by atoms with van der Waals surface area (Å²) in [5.41, 5.74) is 0.0220. The number of rotatable bonds is 2. The predicted molar refractivity (Wildman–Crippen MR) is 49.5 cm³/mol. The zero-order valence-electron chi connectivity index (χ0n) is 8.42. The van der Waals surface area contributed by atoms with Gasteiger partial charge in [-0.1, -0.05) is 0 Å². The molecule has 2 heterocycles. The fraction of sp³-hybridized carbons (Fsp3) is 1.00. The second-order valence-corrected chi connectivity index (χ2v) is 4.33. The van der Waals surface area contributed by atoms with E-state index < -0.39 is 6.17 Å². The SMILES string of the molecule is COC(C)C12CCCN1CC(F)C2. The van der Waals surface area contributed by atoms with E-state index in [2.05, 4.69) is 11.8 Å². The van der Waals surface area contributed by atoms with Gasteiger partial charge in [0.25, 0.3) is 0 Å². The van der Waals surface area contributed by atoms with Crippen LogP contribution in [0.15, 0.2) is 0 Å². The lowest BCUT2D eigenvalue weighted by atomic mass is 9.88. The normalized spacial score (nSPS) is 42.2. The quantitative estimate of drug-likeness (QED) is 0.651. The molecule has 0 spiro atoms. The Balaban J connectivity index is 2.18. The third kappa shape index (κ3) is 1.29. The molecule has 2 fully saturated rings. The Morgan fingerprint density at radius 2 is 2.38 bits per heavy atom. The Hall–Kier alpha value is -0.150. The van der Waals surface area contributed by atoms with Gasteiger partial charge < -0.3 is 4.74 Å². The average molecular weight is 187 g/mol. The summed E-state index contributed by atoms with van der Waals surface area (Å²) in [6, 6.07) is 0. The lowest BCUT2D eigenvalue weighted by molar-refractivity contribution is -0.00470. The maximum absolute atomic E-state index is 13.3. The van der Waals surface area contributed by atoms with Crippen LogP contribution in [0.25, 0.3) is 0 Å². The van der Waals surface area contributed by atoms with Gasteiger partial charge in [0, 0.05) is 25.6 Å². The molecule has 0 bridgehead atoms. The Kier molecular flexibility index (Phi) is 2.32. The third-order valence-corrected chi connectivity index (χ3v) is 3.77. The minimum absolute atomic E-state index is 0.0220. The summed E-state index contributed by atoms with van der Waals surface area (Å²) in [7, 11) is 1.72. The van der Waals surface area contributed by atoms with Crippen LogP contribution < -0.4 is 0 Å². The van der Waals surface area contributed by atoms with Crippen molar-refractivity contribution in [1.29, 1.82) is 0 Å². The number of nitrogens with zero attached hydrogens (tertiary/aromatic N) is 1. The zero-order chi connectivity index (χ0) is 9.47. The summed E-state index contributed by atoms with van der Waals surface area (Å²) in [4.78, 5) is 2.28. The molecule has 0 amide bonds. The Morgan fingerprint density at radius 3 is 3.08 bits per heavy atom. The largest absolute Gasteiger partial charge is 0.380 e. The highest BCUT2D eigenvalue weighted by Crippen LogP contribution is 2.43. The minimum atomic E-state index is -0.641. The van der Waals surface area contributed by atoms with E-state index in [1.165, 1.54) is 6.42 Å². The van der Waals surface area contributed by atoms with Crippen LogP contribution >= 0.6 is 0 Å². The maximum atomic E-state index is 13.3. The van der Waals surface area contributed by atoms with E-state index in [0.29, 0.717) is 13.0 Å². The fourth-order valence-corrected chi connectivity index (χ4v) is 2.99. The van der Waals surface area contributed by atoms with Crippen LogP contribution in [-0.4, -0.2) is 42.9 Å². The van der Waals surface area contributed by atoms with Crippen LogP contribution in [0.2, 0.25) is 0 Å². The monoisotopic (exact) mass is 187 g/mol. The molecule has 0 N–H and O–H groups in total. The summed E-state index contributed by atoms with van der Waals surface area (Å²) >= 11 is 0. The van der Waals surface area contributed by atoms with Gasteiger partial charge in [0.2, 0.25) is 0 Å². The Bertz CT molecular complexity index is 199. The fourth-order valence-electron chi connectivity index (χ4n) is 2.99. The molecule has 2 aliphatic rings. The highest BCUT2D eigenvalue weighted by molar-refractivity contribution is 5.06. The number of fused-ring (bicyclic) bond motifs is 1. The molecule has 0 aromatic carbocycles. The van der Waals surface area contributed by atoms with Crippen molar-refractivity contribution in [2.45, 2.75) is 44.0 Å². The molecule has 3 atom stereocenters. The molecule has 2 aliphatic heterocycles. The van der Waals surface area contributed by atoms with Gasteiger partial charge in [-0.3, -0.25) is 4.90 Å². The van der Waals surface area contributed by atoms with E-state index in [0.717, 1.165) is 13.0 Å². The number of halogens is 1. The van der Waals surface area contributed by atoms with Crippen molar-refractivity contribution in [3.63, 3.8) is 0 Å². The standard InChI is InChI=1S/C10H18FNO/c1-8(13-2)10-4-3-5-12(10)7-9(11)6-10/h8-9H,3-7H2,1-2H3. The van der Waals surface area contributed by atoms with Gasteiger partial charge in [-0.25, -0.2) is 4.39 Å². The topological polar surface area (TPSA) is 12.5 Å². The smallest absolute Gasteiger partial charge is 0.115 e. The first-order valence-corrected chi connectivity index (χ1v) is 5.11. The van der Waals surface area contributed by atoms with Gasteiger partial charge in [0.05, 0.1) is 6.10 Å². The molecule has 0 aromatic heterocycles. The molecule has 13 heavy (non-hydrogen) atoms. The molecule has 2 saturated heterocycles. The second kappa shape index (κ2) is 3.21. The first kappa shape index (κ1) is 9.41. The van der Waals surface area contributed by atoms with Crippen molar-refractivity contribution in [3.05, 3.63) is 0 Å². The summed E-state index contributed by atoms with van der Waals surface area (Å²) in [5, 5.41) is 0. The number of alkyl halides is 1. The molecule has 0 aromatic rings. The van der Waals surface area contributed by atoms with Gasteiger partial charge in [-0.15, -0.1) is 0 Å². The summed E-state index contributed by atoms with van der Waals surface area (Å²) in [6.07, 6.45) is 2.49. The van der Waals surface area contributed by atoms with E-state index in [4.69, 9.17) is 4.74 Å². The number of hydrogen-bond acceptors (Lipinski definition) is 2. The summed E-state index contributed by atoms with van der Waals surface area (Å²) in [6.45, 7) is 3.73. The van der Waals surface area contributed by atoms with Gasteiger partial charge in [-0.2, -0.15) is 0 Å². The number of methoxy groups -OCH3 is 1. The highest BCUT2D eigenvalue weighted by Gasteiger charge is 2.52. The summed E-state index contributed by atoms with van der Waals surface area (Å²) in [5.74, 6) is 0. The van der Waals surface area contributed by atoms with Crippen molar-refractivity contribution in [2.24, 2.45) is 0 Å². The van der Waals surface area contributed by atoms with Gasteiger partial charge in [0.1, 0.15) is 6.17 Å². The van der Waals surface area contributed by atoms with Crippen LogP contribution in [0.5, 0.6) is 0 Å². The van der Waals surface area contributed by atoms with Gasteiger partial charge >= 0.3 is 0 Å². The van der Waals surface area contributed by atoms with E-state index in [-0.39, 0.29) is 11.6 Å². The molecule has 3 heteroatoms. The van der Waals surface area contributed by atoms with Crippen LogP contribution in [0.3, 0.4) is 0 Å². The van der Waals surface area contributed by atoms with Crippen molar-refractivity contribution in [3.8, 4) is 0 Å². The van der Waals surface area contributed by atoms with Crippen LogP contribution in [0.4, 0.5) is 4.39 Å². The second-order valence-electron chi connectivity index (χ2n) is 4.33. The summed E-state index contributed by atoms with van der Waals surface area (Å²) < 4.78 is 18.7. The van der Waals surface area contributed by atoms with E-state index in [9.17, 15) is 4.39 Å². The van der Waals surface area contributed by atoms with Crippen LogP contribution in [-0.2, 0) is 4.74 Å². The first-order chi connectivity index (χ1) is 6.19. The lowest BCUT2D eigenvalue weighted by Gasteiger charge is -2.36. The van der Waals surface area contributed by atoms with Gasteiger partial charge in [0.15, 0.2) is 0 Å². The average Bonchev–Trinajstić information content (AvgIpc) is 2.59. The lowest BCUT2D eigenvalue weighted by Crippen LogP contribution is -2.48. The van der Waals surface area contributed by atoms with Crippen molar-refractivity contribution in [1.82, 2.24) is 4.90 Å². The van der Waals surface area contributed by atoms with E-state index in [1.54, 1.807) is 7.11 Å². The first-order valence-electron chi connectivity index (χ1n) is 5.11. The number of hydrogen-bond donors (Lipinski definition) is 0. The molecule has 3 unspecified atom stereocenters. The van der Waals surface area contributed by atoms with Crippen LogP contribution in [0.1, 0.15) is 26.2 Å². The molecule has 0 saturated carbocycles. The zero-order valence-corrected chi connectivity index (χ0v) is 8.42.